The molecule has 1 saturated carbocycles. The predicted molar refractivity (Wildman–Crippen MR) is 104 cm³/mol. The monoisotopic (exact) mass is 390 g/mol. The number of ether oxygens (including phenoxy) is 2. The van der Waals surface area contributed by atoms with Crippen molar-refractivity contribution in [3.8, 4) is 11.5 Å². The third kappa shape index (κ3) is 3.26. The Labute approximate surface area is 164 Å². The number of rotatable bonds is 6. The van der Waals surface area contributed by atoms with E-state index in [0.717, 1.165) is 34.0 Å². The van der Waals surface area contributed by atoms with E-state index in [9.17, 15) is 5.11 Å². The lowest BCUT2D eigenvalue weighted by molar-refractivity contribution is 0.0668. The summed E-state index contributed by atoms with van der Waals surface area (Å²) in [6.45, 7) is 4.62. The molecule has 2 aromatic rings. The fraction of sp³-hybridized carbons (Fsp3) is 0.579. The van der Waals surface area contributed by atoms with Crippen molar-refractivity contribution in [1.29, 1.82) is 0 Å². The topological polar surface area (TPSA) is 64.7 Å². The van der Waals surface area contributed by atoms with Gasteiger partial charge in [-0.05, 0) is 44.1 Å². The summed E-state index contributed by atoms with van der Waals surface area (Å²) in [6.07, 6.45) is 1.74. The highest BCUT2D eigenvalue weighted by Gasteiger charge is 2.32. The summed E-state index contributed by atoms with van der Waals surface area (Å²) >= 11 is 5.65. The number of hydrogen-bond acceptors (Lipinski definition) is 6. The molecule has 2 aliphatic rings. The van der Waals surface area contributed by atoms with E-state index < -0.39 is 6.10 Å². The Morgan fingerprint density at radius 1 is 1.22 bits per heavy atom. The van der Waals surface area contributed by atoms with Crippen LogP contribution in [0.15, 0.2) is 12.1 Å². The van der Waals surface area contributed by atoms with Gasteiger partial charge >= 0.3 is 0 Å². The molecule has 0 bridgehead atoms. The SMILES string of the molecule is CCn1c(C2CC2)nn(CN2Cc3c(OC)ccc(OC)c3C(O)C2)c1=S. The summed E-state index contributed by atoms with van der Waals surface area (Å²) in [6, 6.07) is 3.73. The first-order chi connectivity index (χ1) is 13.1. The number of fused-ring (bicyclic) bond motifs is 1. The van der Waals surface area contributed by atoms with Crippen LogP contribution in [0, 0.1) is 4.77 Å². The Bertz CT molecular complexity index is 903. The fourth-order valence-electron chi connectivity index (χ4n) is 3.93. The molecular weight excluding hydrogens is 364 g/mol. The summed E-state index contributed by atoms with van der Waals surface area (Å²) in [5.74, 6) is 3.10. The molecule has 1 fully saturated rings. The molecular formula is C19H26N4O3S. The number of benzene rings is 1. The van der Waals surface area contributed by atoms with E-state index in [1.165, 1.54) is 12.8 Å². The first-order valence-corrected chi connectivity index (χ1v) is 9.79. The highest BCUT2D eigenvalue weighted by atomic mass is 32.1. The van der Waals surface area contributed by atoms with E-state index in [2.05, 4.69) is 16.4 Å². The molecule has 1 N–H and O–H groups in total. The minimum atomic E-state index is -0.649. The van der Waals surface area contributed by atoms with Gasteiger partial charge in [-0.15, -0.1) is 0 Å². The van der Waals surface area contributed by atoms with Gasteiger partial charge in [-0.2, -0.15) is 5.10 Å². The molecule has 1 aliphatic heterocycles. The first kappa shape index (κ1) is 18.5. The molecule has 8 heteroatoms. The van der Waals surface area contributed by atoms with Gasteiger partial charge in [0.25, 0.3) is 0 Å². The van der Waals surface area contributed by atoms with Gasteiger partial charge in [0, 0.05) is 36.7 Å². The molecule has 0 radical (unpaired) electrons. The Morgan fingerprint density at radius 3 is 2.56 bits per heavy atom. The second kappa shape index (κ2) is 7.26. The number of aromatic nitrogens is 3. The molecule has 1 aliphatic carbocycles. The Morgan fingerprint density at radius 2 is 1.93 bits per heavy atom. The van der Waals surface area contributed by atoms with Gasteiger partial charge in [0.15, 0.2) is 4.77 Å². The van der Waals surface area contributed by atoms with Gasteiger partial charge in [-0.1, -0.05) is 0 Å². The second-order valence-electron chi connectivity index (χ2n) is 7.19. The van der Waals surface area contributed by atoms with Crippen LogP contribution in [0.3, 0.4) is 0 Å². The third-order valence-corrected chi connectivity index (χ3v) is 5.84. The van der Waals surface area contributed by atoms with Crippen molar-refractivity contribution in [3.63, 3.8) is 0 Å². The number of methoxy groups -OCH3 is 2. The van der Waals surface area contributed by atoms with Crippen LogP contribution in [0.25, 0.3) is 0 Å². The van der Waals surface area contributed by atoms with Crippen LogP contribution in [0.1, 0.15) is 48.7 Å². The van der Waals surface area contributed by atoms with Crippen molar-refractivity contribution in [2.75, 3.05) is 20.8 Å². The normalized spacial score (nSPS) is 19.8. The third-order valence-electron chi connectivity index (χ3n) is 5.40. The lowest BCUT2D eigenvalue weighted by Crippen LogP contribution is -2.36. The Kier molecular flexibility index (Phi) is 4.96. The zero-order valence-corrected chi connectivity index (χ0v) is 16.8. The number of nitrogens with zero attached hydrogens (tertiary/aromatic N) is 4. The molecule has 7 nitrogen and oxygen atoms in total. The zero-order chi connectivity index (χ0) is 19.1. The molecule has 27 heavy (non-hydrogen) atoms. The van der Waals surface area contributed by atoms with E-state index in [4.69, 9.17) is 26.8 Å². The van der Waals surface area contributed by atoms with Gasteiger partial charge < -0.3 is 19.1 Å². The van der Waals surface area contributed by atoms with Crippen LogP contribution in [-0.4, -0.2) is 45.1 Å². The average molecular weight is 391 g/mol. The van der Waals surface area contributed by atoms with Crippen LogP contribution in [-0.2, 0) is 19.8 Å². The zero-order valence-electron chi connectivity index (χ0n) is 16.0. The standard InChI is InChI=1S/C19H26N4O3S/c1-4-22-18(12-5-6-12)20-23(19(22)27)11-21-9-13-15(25-2)7-8-16(26-3)17(13)14(24)10-21/h7-8,12,14,24H,4-6,9-11H2,1-3H3. The molecule has 2 heterocycles. The summed E-state index contributed by atoms with van der Waals surface area (Å²) in [5, 5.41) is 15.6. The van der Waals surface area contributed by atoms with Crippen LogP contribution in [0.4, 0.5) is 0 Å². The van der Waals surface area contributed by atoms with Crippen LogP contribution in [0.2, 0.25) is 0 Å². The maximum Gasteiger partial charge on any atom is 0.199 e. The molecule has 0 amide bonds. The van der Waals surface area contributed by atoms with Crippen molar-refractivity contribution in [1.82, 2.24) is 19.2 Å². The van der Waals surface area contributed by atoms with E-state index in [-0.39, 0.29) is 0 Å². The van der Waals surface area contributed by atoms with Crippen LogP contribution in [0.5, 0.6) is 11.5 Å². The van der Waals surface area contributed by atoms with Crippen LogP contribution < -0.4 is 9.47 Å². The number of aliphatic hydroxyl groups excluding tert-OH is 1. The van der Waals surface area contributed by atoms with Gasteiger partial charge in [0.2, 0.25) is 0 Å². The first-order valence-electron chi connectivity index (χ1n) is 9.39. The average Bonchev–Trinajstić information content (AvgIpc) is 3.46. The molecule has 0 spiro atoms. The van der Waals surface area contributed by atoms with Gasteiger partial charge in [-0.3, -0.25) is 4.90 Å². The quantitative estimate of drug-likeness (QED) is 0.765. The fourth-order valence-corrected chi connectivity index (χ4v) is 4.25. The molecule has 1 atom stereocenters. The number of hydrogen-bond donors (Lipinski definition) is 1. The van der Waals surface area contributed by atoms with E-state index in [0.29, 0.717) is 31.4 Å². The van der Waals surface area contributed by atoms with Gasteiger partial charge in [0.1, 0.15) is 17.3 Å². The molecule has 4 rings (SSSR count). The van der Waals surface area contributed by atoms with Crippen molar-refractivity contribution >= 4 is 12.2 Å². The minimum absolute atomic E-state index is 0.496. The highest BCUT2D eigenvalue weighted by Crippen LogP contribution is 2.40. The van der Waals surface area contributed by atoms with Crippen LogP contribution >= 0.6 is 12.2 Å². The predicted octanol–water partition coefficient (Wildman–Crippen LogP) is 2.84. The summed E-state index contributed by atoms with van der Waals surface area (Å²) < 4.78 is 15.7. The summed E-state index contributed by atoms with van der Waals surface area (Å²) in [5.41, 5.74) is 1.77. The summed E-state index contributed by atoms with van der Waals surface area (Å²) in [4.78, 5) is 2.15. The lowest BCUT2D eigenvalue weighted by Gasteiger charge is -2.33. The van der Waals surface area contributed by atoms with Crippen molar-refractivity contribution in [2.24, 2.45) is 0 Å². The van der Waals surface area contributed by atoms with Crippen molar-refractivity contribution in [3.05, 3.63) is 33.9 Å². The smallest absolute Gasteiger partial charge is 0.199 e. The van der Waals surface area contributed by atoms with E-state index in [1.807, 2.05) is 16.8 Å². The molecule has 1 unspecified atom stereocenters. The molecule has 0 saturated heterocycles. The molecule has 1 aromatic heterocycles. The van der Waals surface area contributed by atoms with Crippen molar-refractivity contribution in [2.45, 2.75) is 51.5 Å². The lowest BCUT2D eigenvalue weighted by atomic mass is 9.95. The Hall–Kier alpha value is -1.90. The van der Waals surface area contributed by atoms with Gasteiger partial charge in [-0.25, -0.2) is 4.68 Å². The Balaban J connectivity index is 1.64. The molecule has 1 aromatic carbocycles. The minimum Gasteiger partial charge on any atom is -0.496 e. The van der Waals surface area contributed by atoms with Crippen molar-refractivity contribution < 1.29 is 14.6 Å². The molecule has 146 valence electrons. The number of aliphatic hydroxyl groups is 1. The largest absolute Gasteiger partial charge is 0.496 e. The van der Waals surface area contributed by atoms with E-state index in [1.54, 1.807) is 14.2 Å². The van der Waals surface area contributed by atoms with E-state index >= 15 is 0 Å². The summed E-state index contributed by atoms with van der Waals surface area (Å²) in [7, 11) is 3.27. The highest BCUT2D eigenvalue weighted by molar-refractivity contribution is 7.71. The van der Waals surface area contributed by atoms with Gasteiger partial charge in [0.05, 0.1) is 27.0 Å². The number of β-amino-alcohol motifs (C(OH)–C–C–N with tert-alkyl or cyclic N) is 1. The maximum atomic E-state index is 10.8. The second-order valence-corrected chi connectivity index (χ2v) is 7.56. The maximum absolute atomic E-state index is 10.8.